The molecule has 0 aliphatic carbocycles. The van der Waals surface area contributed by atoms with Crippen LogP contribution in [-0.4, -0.2) is 24.3 Å². The van der Waals surface area contributed by atoms with Gasteiger partial charge in [-0.1, -0.05) is 12.1 Å². The summed E-state index contributed by atoms with van der Waals surface area (Å²) in [6.45, 7) is 0.417. The Morgan fingerprint density at radius 3 is 2.70 bits per heavy atom. The number of nitrogens with zero attached hydrogens (tertiary/aromatic N) is 1. The molecule has 0 saturated carbocycles. The van der Waals surface area contributed by atoms with E-state index in [0.717, 1.165) is 18.5 Å². The zero-order chi connectivity index (χ0) is 14.2. The van der Waals surface area contributed by atoms with Gasteiger partial charge < -0.3 is 4.98 Å². The van der Waals surface area contributed by atoms with Crippen LogP contribution in [0.3, 0.4) is 0 Å². The molecule has 3 rings (SSSR count). The Bertz CT molecular complexity index is 698. The predicted octanol–water partition coefficient (Wildman–Crippen LogP) is 2.68. The summed E-state index contributed by atoms with van der Waals surface area (Å²) >= 11 is 0. The first kappa shape index (κ1) is 13.3. The molecule has 4 nitrogen and oxygen atoms in total. The fourth-order valence-corrected chi connectivity index (χ4v) is 4.41. The van der Waals surface area contributed by atoms with Gasteiger partial charge in [0.05, 0.1) is 6.04 Å². The van der Waals surface area contributed by atoms with Crippen molar-refractivity contribution in [2.75, 3.05) is 6.54 Å². The van der Waals surface area contributed by atoms with Crippen LogP contribution in [0, 0.1) is 5.82 Å². The number of nitrogens with one attached hydrogen (secondary N) is 1. The molecule has 106 valence electrons. The van der Waals surface area contributed by atoms with E-state index in [2.05, 4.69) is 4.98 Å². The topological polar surface area (TPSA) is 53.2 Å². The van der Waals surface area contributed by atoms with Gasteiger partial charge in [-0.15, -0.1) is 0 Å². The number of aromatic amines is 1. The Morgan fingerprint density at radius 2 is 2.00 bits per heavy atom. The van der Waals surface area contributed by atoms with Crippen molar-refractivity contribution >= 4 is 10.0 Å². The summed E-state index contributed by atoms with van der Waals surface area (Å²) in [4.78, 5) is 2.80. The second kappa shape index (κ2) is 5.03. The van der Waals surface area contributed by atoms with E-state index < -0.39 is 15.8 Å². The molecular weight excluding hydrogens is 279 g/mol. The van der Waals surface area contributed by atoms with Gasteiger partial charge in [-0.3, -0.25) is 0 Å². The molecule has 0 bridgehead atoms. The Balaban J connectivity index is 2.01. The molecule has 2 aromatic rings. The zero-order valence-electron chi connectivity index (χ0n) is 10.8. The van der Waals surface area contributed by atoms with Gasteiger partial charge in [0, 0.05) is 18.4 Å². The molecule has 20 heavy (non-hydrogen) atoms. The van der Waals surface area contributed by atoms with Crippen molar-refractivity contribution in [2.45, 2.75) is 23.8 Å². The minimum absolute atomic E-state index is 0.241. The van der Waals surface area contributed by atoms with Gasteiger partial charge in [0.2, 0.25) is 10.0 Å². The Kier molecular flexibility index (Phi) is 3.35. The van der Waals surface area contributed by atoms with Crippen LogP contribution in [-0.2, 0) is 10.0 Å². The molecular formula is C14H15FN2O2S. The zero-order valence-corrected chi connectivity index (χ0v) is 11.6. The van der Waals surface area contributed by atoms with Crippen molar-refractivity contribution in [3.8, 4) is 0 Å². The molecule has 0 amide bonds. The maximum absolute atomic E-state index is 13.8. The fourth-order valence-electron chi connectivity index (χ4n) is 2.67. The highest BCUT2D eigenvalue weighted by atomic mass is 32.2. The molecule has 1 saturated heterocycles. The SMILES string of the molecule is O=S(=O)(c1ccccc1F)N1CCCC1c1ccc[nH]1. The van der Waals surface area contributed by atoms with E-state index in [1.165, 1.54) is 28.6 Å². The Hall–Kier alpha value is -1.66. The van der Waals surface area contributed by atoms with Crippen molar-refractivity contribution < 1.29 is 12.8 Å². The van der Waals surface area contributed by atoms with E-state index in [0.29, 0.717) is 6.54 Å². The highest BCUT2D eigenvalue weighted by Gasteiger charge is 2.37. The normalized spacial score (nSPS) is 20.4. The van der Waals surface area contributed by atoms with Crippen LogP contribution in [0.2, 0.25) is 0 Å². The molecule has 1 aliphatic heterocycles. The van der Waals surface area contributed by atoms with Gasteiger partial charge >= 0.3 is 0 Å². The molecule has 0 spiro atoms. The molecule has 1 aromatic carbocycles. The number of hydrogen-bond acceptors (Lipinski definition) is 2. The summed E-state index contributed by atoms with van der Waals surface area (Å²) in [6.07, 6.45) is 3.28. The van der Waals surface area contributed by atoms with Gasteiger partial charge in [0.15, 0.2) is 0 Å². The van der Waals surface area contributed by atoms with Crippen LogP contribution in [0.25, 0.3) is 0 Å². The fraction of sp³-hybridized carbons (Fsp3) is 0.286. The third-order valence-corrected chi connectivity index (χ3v) is 5.55. The summed E-state index contributed by atoms with van der Waals surface area (Å²) in [5.74, 6) is -0.704. The first-order valence-corrected chi connectivity index (χ1v) is 7.94. The smallest absolute Gasteiger partial charge is 0.246 e. The van der Waals surface area contributed by atoms with Crippen LogP contribution in [0.15, 0.2) is 47.5 Å². The average molecular weight is 294 g/mol. The number of benzene rings is 1. The predicted molar refractivity (Wildman–Crippen MR) is 73.1 cm³/mol. The third-order valence-electron chi connectivity index (χ3n) is 3.61. The van der Waals surface area contributed by atoms with E-state index in [4.69, 9.17) is 0 Å². The lowest BCUT2D eigenvalue weighted by molar-refractivity contribution is 0.388. The quantitative estimate of drug-likeness (QED) is 0.946. The molecule has 1 aliphatic rings. The number of hydrogen-bond donors (Lipinski definition) is 1. The molecule has 1 fully saturated rings. The van der Waals surface area contributed by atoms with Crippen LogP contribution in [0.5, 0.6) is 0 Å². The van der Waals surface area contributed by atoms with Crippen LogP contribution in [0.4, 0.5) is 4.39 Å². The van der Waals surface area contributed by atoms with Crippen LogP contribution < -0.4 is 0 Å². The van der Waals surface area contributed by atoms with E-state index in [1.54, 1.807) is 6.20 Å². The van der Waals surface area contributed by atoms with Gasteiger partial charge in [-0.2, -0.15) is 4.31 Å². The molecule has 1 N–H and O–H groups in total. The maximum atomic E-state index is 13.8. The first-order chi connectivity index (χ1) is 9.60. The second-order valence-electron chi connectivity index (χ2n) is 4.83. The maximum Gasteiger partial charge on any atom is 0.246 e. The number of H-pyrrole nitrogens is 1. The number of sulfonamides is 1. The van der Waals surface area contributed by atoms with Crippen LogP contribution >= 0.6 is 0 Å². The minimum atomic E-state index is -3.81. The van der Waals surface area contributed by atoms with Crippen molar-refractivity contribution in [1.29, 1.82) is 0 Å². The van der Waals surface area contributed by atoms with E-state index in [9.17, 15) is 12.8 Å². The monoisotopic (exact) mass is 294 g/mol. The molecule has 0 radical (unpaired) electrons. The highest BCUT2D eigenvalue weighted by Crippen LogP contribution is 2.36. The van der Waals surface area contributed by atoms with Crippen LogP contribution in [0.1, 0.15) is 24.6 Å². The van der Waals surface area contributed by atoms with Crippen molar-refractivity contribution in [3.63, 3.8) is 0 Å². The summed E-state index contributed by atoms with van der Waals surface area (Å²) in [7, 11) is -3.81. The van der Waals surface area contributed by atoms with Crippen molar-refractivity contribution in [2.24, 2.45) is 0 Å². The number of halogens is 1. The summed E-state index contributed by atoms with van der Waals surface area (Å²) in [5.41, 5.74) is 0.849. The van der Waals surface area contributed by atoms with Crippen molar-refractivity contribution in [3.05, 3.63) is 54.1 Å². The summed E-state index contributed by atoms with van der Waals surface area (Å²) < 4.78 is 40.4. The van der Waals surface area contributed by atoms with Gasteiger partial charge in [-0.25, -0.2) is 12.8 Å². The molecule has 2 heterocycles. The van der Waals surface area contributed by atoms with Crippen molar-refractivity contribution in [1.82, 2.24) is 9.29 Å². The molecule has 1 unspecified atom stereocenters. The summed E-state index contributed by atoms with van der Waals surface area (Å²) in [6, 6.07) is 8.97. The highest BCUT2D eigenvalue weighted by molar-refractivity contribution is 7.89. The van der Waals surface area contributed by atoms with E-state index in [1.807, 2.05) is 12.1 Å². The average Bonchev–Trinajstić information content (AvgIpc) is 3.10. The Morgan fingerprint density at radius 1 is 1.20 bits per heavy atom. The van der Waals surface area contributed by atoms with Gasteiger partial charge in [0.25, 0.3) is 0 Å². The number of aromatic nitrogens is 1. The Labute approximate surface area is 117 Å². The van der Waals surface area contributed by atoms with Gasteiger partial charge in [0.1, 0.15) is 10.7 Å². The molecule has 1 aromatic heterocycles. The number of rotatable bonds is 3. The minimum Gasteiger partial charge on any atom is -0.364 e. The van der Waals surface area contributed by atoms with E-state index in [-0.39, 0.29) is 10.9 Å². The van der Waals surface area contributed by atoms with Gasteiger partial charge in [-0.05, 0) is 37.1 Å². The second-order valence-corrected chi connectivity index (χ2v) is 6.69. The third kappa shape index (κ3) is 2.14. The first-order valence-electron chi connectivity index (χ1n) is 6.50. The lowest BCUT2D eigenvalue weighted by Gasteiger charge is -2.23. The lowest BCUT2D eigenvalue weighted by atomic mass is 10.2. The summed E-state index contributed by atoms with van der Waals surface area (Å²) in [5, 5.41) is 0. The molecule has 1 atom stereocenters. The largest absolute Gasteiger partial charge is 0.364 e. The standard InChI is InChI=1S/C14H15FN2O2S/c15-11-5-1-2-8-14(11)20(18,19)17-10-4-7-13(17)12-6-3-9-16-12/h1-3,5-6,8-9,13,16H,4,7,10H2. The van der Waals surface area contributed by atoms with E-state index >= 15 is 0 Å². The lowest BCUT2D eigenvalue weighted by Crippen LogP contribution is -2.31. The molecule has 6 heteroatoms.